The van der Waals surface area contributed by atoms with Crippen LogP contribution in [0.15, 0.2) is 47.6 Å². The van der Waals surface area contributed by atoms with Crippen molar-refractivity contribution in [2.75, 3.05) is 46.8 Å². The average molecular weight is 1050 g/mol. The molecule has 0 bridgehead atoms. The minimum Gasteiger partial charge on any atom is -0.458 e. The number of esters is 1. The molecule has 74 heavy (non-hydrogen) atoms. The number of fused-ring (bicyclic) bond motifs is 10. The molecular weight excluding hydrogens is 971 g/mol. The van der Waals surface area contributed by atoms with Crippen molar-refractivity contribution < 1.29 is 71.3 Å². The summed E-state index contributed by atoms with van der Waals surface area (Å²) < 4.78 is 47.1. The fourth-order valence-electron chi connectivity index (χ4n) is 16.9. The molecule has 8 aliphatic rings. The number of aliphatic hydroxyl groups excluding tert-OH is 2. The Bertz CT molecular complexity index is 2460. The van der Waals surface area contributed by atoms with Gasteiger partial charge in [-0.2, -0.15) is 8.42 Å². The van der Waals surface area contributed by atoms with Gasteiger partial charge >= 0.3 is 5.97 Å². The number of nitrogens with zero attached hydrogens (tertiary/aromatic N) is 1. The molecule has 0 aliphatic heterocycles. The van der Waals surface area contributed by atoms with Gasteiger partial charge in [-0.3, -0.25) is 33.3 Å². The van der Waals surface area contributed by atoms with Crippen LogP contribution in [0.4, 0.5) is 0 Å². The summed E-state index contributed by atoms with van der Waals surface area (Å²) in [7, 11) is 0.360. The van der Waals surface area contributed by atoms with E-state index in [1.807, 2.05) is 26.0 Å². The molecule has 8 rings (SSSR count). The van der Waals surface area contributed by atoms with E-state index in [0.29, 0.717) is 51.4 Å². The second-order valence-electron chi connectivity index (χ2n) is 24.4. The normalized spacial score (nSPS) is 40.7. The number of rotatable bonds is 17. The molecule has 17 heteroatoms. The smallest absolute Gasteiger partial charge is 0.306 e. The van der Waals surface area contributed by atoms with Gasteiger partial charge in [-0.05, 0) is 124 Å². The Labute approximate surface area is 437 Å². The van der Waals surface area contributed by atoms with Gasteiger partial charge in [0.15, 0.2) is 24.0 Å². The fraction of sp³-hybridized carbons (Fsp3) is 0.754. The van der Waals surface area contributed by atoms with Crippen LogP contribution in [0.5, 0.6) is 0 Å². The molecular formula is C57H83NO15S. The summed E-state index contributed by atoms with van der Waals surface area (Å²) in [6.45, 7) is 12.0. The Morgan fingerprint density at radius 1 is 0.730 bits per heavy atom. The lowest BCUT2D eigenvalue weighted by Gasteiger charge is -2.61. The van der Waals surface area contributed by atoms with Crippen LogP contribution in [-0.2, 0) is 53.1 Å². The topological polar surface area (TPSA) is 248 Å². The lowest BCUT2D eigenvalue weighted by atomic mass is 9.44. The van der Waals surface area contributed by atoms with Gasteiger partial charge < -0.3 is 34.4 Å². The summed E-state index contributed by atoms with van der Waals surface area (Å²) in [5.41, 5.74) is -2.50. The molecule has 0 aromatic carbocycles. The summed E-state index contributed by atoms with van der Waals surface area (Å²) in [6.07, 6.45) is 17.2. The highest BCUT2D eigenvalue weighted by Crippen LogP contribution is 2.70. The Hall–Kier alpha value is -3.71. The SMILES string of the molecule is COCC(=O)[C@@]1(O)CC[C@H]2[C@@H]3C[C@H](C)C4=CC(=O)C=C[C@]4(C)[C@H]3[C@@H](O)C[C@@]21C.CO[C@]1(C(=O)COC(=O)CCCCCCC(=O)N(C)CCS(=O)(=O)O)CC[C@H]2[C@@H]3C[C@H](C)C4=CC(=O)C=C[C@]4(C)[C@H]3[C@@H](O)C[C@@]21C. The second kappa shape index (κ2) is 21.6. The molecule has 8 aliphatic carbocycles. The van der Waals surface area contributed by atoms with Crippen molar-refractivity contribution in [3.05, 3.63) is 47.6 Å². The predicted octanol–water partition coefficient (Wildman–Crippen LogP) is 6.15. The van der Waals surface area contributed by atoms with E-state index in [9.17, 15) is 52.5 Å². The highest BCUT2D eigenvalue weighted by atomic mass is 32.2. The van der Waals surface area contributed by atoms with Crippen LogP contribution in [0.3, 0.4) is 0 Å². The van der Waals surface area contributed by atoms with Gasteiger partial charge in [-0.1, -0.05) is 77.7 Å². The van der Waals surface area contributed by atoms with Crippen molar-refractivity contribution in [2.45, 2.75) is 155 Å². The Balaban J connectivity index is 0.000000242. The Kier molecular flexibility index (Phi) is 16.9. The van der Waals surface area contributed by atoms with Crippen molar-refractivity contribution >= 4 is 45.1 Å². The predicted molar refractivity (Wildman–Crippen MR) is 274 cm³/mol. The first-order valence-electron chi connectivity index (χ1n) is 27.0. The van der Waals surface area contributed by atoms with Crippen molar-refractivity contribution in [1.82, 2.24) is 4.90 Å². The lowest BCUT2D eigenvalue weighted by Crippen LogP contribution is -2.63. The van der Waals surface area contributed by atoms with E-state index in [2.05, 4.69) is 27.7 Å². The van der Waals surface area contributed by atoms with Crippen LogP contribution in [-0.4, -0.2) is 138 Å². The zero-order valence-corrected chi connectivity index (χ0v) is 45.9. The maximum atomic E-state index is 13.8. The molecule has 16 atom stereocenters. The number of aliphatic hydroxyl groups is 3. The van der Waals surface area contributed by atoms with Crippen molar-refractivity contribution in [3.8, 4) is 0 Å². The average Bonchev–Trinajstić information content (AvgIpc) is 3.78. The summed E-state index contributed by atoms with van der Waals surface area (Å²) in [6, 6.07) is 0. The quantitative estimate of drug-likeness (QED) is 0.0725. The molecule has 16 nitrogen and oxygen atoms in total. The second-order valence-corrected chi connectivity index (χ2v) is 26.0. The molecule has 0 saturated heterocycles. The lowest BCUT2D eigenvalue weighted by molar-refractivity contribution is -0.189. The van der Waals surface area contributed by atoms with Crippen LogP contribution >= 0.6 is 0 Å². The third-order valence-electron chi connectivity index (χ3n) is 20.4. The van der Waals surface area contributed by atoms with E-state index >= 15 is 0 Å². The highest BCUT2D eigenvalue weighted by molar-refractivity contribution is 7.85. The number of Topliss-reactive ketones (excluding diaryl/α,β-unsaturated/α-hetero) is 2. The molecule has 0 aromatic rings. The number of unbranched alkanes of at least 4 members (excludes halogenated alkanes) is 3. The number of amides is 1. The van der Waals surface area contributed by atoms with Crippen molar-refractivity contribution in [1.29, 1.82) is 0 Å². The maximum absolute atomic E-state index is 13.8. The number of carbonyl (C=O) groups is 6. The standard InChI is InChI=1S/C34H51NO10S.C23H32O5/c1-22-18-24-25-13-15-34(44-5,33(25,3)20-27(37)31(24)32(2)14-12-23(36)19-26(22)32)28(38)21-45-30(40)11-9-7-6-8-10-29(39)35(4)16-17-46(41,42)43;1-13-9-15-16-6-8-23(27,19(26)12-28-4)22(16,3)11-18(25)20(15)21(2)7-5-14(24)10-17(13)21/h12,14,19,22,24-25,27,31,37H,6-11,13,15-18,20-21H2,1-5H3,(H,41,42,43);5,7,10,13,15-16,18,20,25,27H,6,8-9,11-12H2,1-4H3/t22-,24-,25-,27-,31+,32-,33-,34-;13-,15-,16-,18-,20+,21-,22-,23-/m00/s1. The maximum Gasteiger partial charge on any atom is 0.306 e. The molecule has 0 radical (unpaired) electrons. The van der Waals surface area contributed by atoms with Gasteiger partial charge in [0.1, 0.15) is 17.8 Å². The first kappa shape index (κ1) is 58.0. The fourth-order valence-corrected chi connectivity index (χ4v) is 17.4. The number of ether oxygens (including phenoxy) is 3. The van der Waals surface area contributed by atoms with Gasteiger partial charge in [-0.15, -0.1) is 0 Å². The third kappa shape index (κ3) is 10.2. The molecule has 4 N–H and O–H groups in total. The van der Waals surface area contributed by atoms with E-state index in [0.717, 1.165) is 36.8 Å². The molecule has 1 amide bonds. The van der Waals surface area contributed by atoms with Gasteiger partial charge in [-0.25, -0.2) is 0 Å². The number of ketones is 4. The van der Waals surface area contributed by atoms with Gasteiger partial charge in [0, 0.05) is 74.1 Å². The van der Waals surface area contributed by atoms with Gasteiger partial charge in [0.25, 0.3) is 10.1 Å². The first-order valence-corrected chi connectivity index (χ1v) is 28.6. The molecule has 0 spiro atoms. The number of carbonyl (C=O) groups excluding carboxylic acids is 6. The Morgan fingerprint density at radius 2 is 1.23 bits per heavy atom. The zero-order chi connectivity index (χ0) is 54.6. The van der Waals surface area contributed by atoms with Crippen molar-refractivity contribution in [3.63, 3.8) is 0 Å². The first-order chi connectivity index (χ1) is 34.6. The van der Waals surface area contributed by atoms with E-state index < -0.39 is 68.1 Å². The van der Waals surface area contributed by atoms with Crippen LogP contribution in [0.2, 0.25) is 0 Å². The van der Waals surface area contributed by atoms with Gasteiger partial charge in [0.05, 0.1) is 18.0 Å². The van der Waals surface area contributed by atoms with E-state index in [4.69, 9.17) is 18.8 Å². The summed E-state index contributed by atoms with van der Waals surface area (Å²) in [5, 5.41) is 34.5. The summed E-state index contributed by atoms with van der Waals surface area (Å²) >= 11 is 0. The van der Waals surface area contributed by atoms with E-state index in [-0.39, 0.29) is 108 Å². The molecule has 0 heterocycles. The number of allylic oxidation sites excluding steroid dienone is 8. The molecule has 0 aromatic heterocycles. The van der Waals surface area contributed by atoms with E-state index in [1.54, 1.807) is 24.3 Å². The number of methoxy groups -OCH3 is 2. The highest BCUT2D eigenvalue weighted by Gasteiger charge is 2.71. The monoisotopic (exact) mass is 1050 g/mol. The third-order valence-corrected chi connectivity index (χ3v) is 21.1. The molecule has 6 fully saturated rings. The van der Waals surface area contributed by atoms with Crippen LogP contribution in [0.1, 0.15) is 131 Å². The van der Waals surface area contributed by atoms with Crippen LogP contribution in [0.25, 0.3) is 0 Å². The van der Waals surface area contributed by atoms with Crippen LogP contribution < -0.4 is 0 Å². The summed E-state index contributed by atoms with van der Waals surface area (Å²) in [4.78, 5) is 76.7. The zero-order valence-electron chi connectivity index (χ0n) is 45.1. The minimum atomic E-state index is -4.13. The minimum absolute atomic E-state index is 0.00254. The molecule has 412 valence electrons. The molecule has 6 saturated carbocycles. The van der Waals surface area contributed by atoms with Gasteiger partial charge in [0.2, 0.25) is 11.7 Å². The number of hydrogen-bond donors (Lipinski definition) is 4. The number of hydrogen-bond acceptors (Lipinski definition) is 14. The van der Waals surface area contributed by atoms with Crippen LogP contribution in [0, 0.1) is 69.0 Å². The van der Waals surface area contributed by atoms with Crippen molar-refractivity contribution in [2.24, 2.45) is 69.0 Å². The Morgan fingerprint density at radius 3 is 1.74 bits per heavy atom. The largest absolute Gasteiger partial charge is 0.458 e. The molecule has 0 unspecified atom stereocenters. The van der Waals surface area contributed by atoms with E-state index in [1.165, 1.54) is 26.2 Å². The summed E-state index contributed by atoms with van der Waals surface area (Å²) in [5.74, 6) is -0.775.